The molecule has 0 unspecified atom stereocenters. The number of esters is 2. The Morgan fingerprint density at radius 3 is 2.44 bits per heavy atom. The number of nitrogens with one attached hydrogen (secondary N) is 1. The van der Waals surface area contributed by atoms with Crippen LogP contribution in [0.25, 0.3) is 0 Å². The molecule has 1 rings (SSSR count). The lowest BCUT2D eigenvalue weighted by Gasteiger charge is -2.21. The number of benzene rings is 1. The lowest BCUT2D eigenvalue weighted by Crippen LogP contribution is -2.47. The first kappa shape index (κ1) is 20.4. The van der Waals surface area contributed by atoms with Crippen molar-refractivity contribution >= 4 is 17.8 Å². The van der Waals surface area contributed by atoms with Gasteiger partial charge in [0.15, 0.2) is 6.61 Å². The number of carbonyl (C=O) groups is 3. The van der Waals surface area contributed by atoms with Gasteiger partial charge < -0.3 is 19.5 Å². The van der Waals surface area contributed by atoms with Crippen molar-refractivity contribution in [1.82, 2.24) is 5.32 Å². The molecule has 0 aliphatic rings. The maximum absolute atomic E-state index is 13.8. The Kier molecular flexibility index (Phi) is 7.84. The van der Waals surface area contributed by atoms with E-state index in [1.807, 2.05) is 6.92 Å². The Bertz CT molecular complexity index is 634. The third-order valence-corrected chi connectivity index (χ3v) is 3.72. The lowest BCUT2D eigenvalue weighted by molar-refractivity contribution is -0.147. The second-order valence-corrected chi connectivity index (χ2v) is 5.38. The summed E-state index contributed by atoms with van der Waals surface area (Å²) in [6, 6.07) is 2.78. The molecule has 0 saturated heterocycles. The third kappa shape index (κ3) is 5.74. The molecule has 138 valence electrons. The fraction of sp³-hybridized carbons (Fsp3) is 0.471. The molecule has 1 aromatic rings. The predicted molar refractivity (Wildman–Crippen MR) is 86.6 cm³/mol. The van der Waals surface area contributed by atoms with Crippen LogP contribution in [0.3, 0.4) is 0 Å². The second kappa shape index (κ2) is 9.61. The highest BCUT2D eigenvalue weighted by Gasteiger charge is 2.27. The monoisotopic (exact) mass is 355 g/mol. The molecule has 0 saturated carbocycles. The zero-order chi connectivity index (χ0) is 19.0. The van der Waals surface area contributed by atoms with E-state index in [9.17, 15) is 18.8 Å². The smallest absolute Gasteiger partial charge is 0.341 e. The third-order valence-electron chi connectivity index (χ3n) is 3.72. The molecule has 0 spiro atoms. The molecule has 0 heterocycles. The van der Waals surface area contributed by atoms with Gasteiger partial charge in [0.1, 0.15) is 17.6 Å². The summed E-state index contributed by atoms with van der Waals surface area (Å²) >= 11 is 0. The summed E-state index contributed by atoms with van der Waals surface area (Å²) in [6.07, 6.45) is 0.636. The Hall–Kier alpha value is -2.64. The van der Waals surface area contributed by atoms with E-state index in [0.717, 1.165) is 6.07 Å². The van der Waals surface area contributed by atoms with Crippen molar-refractivity contribution in [2.75, 3.05) is 20.8 Å². The molecular weight excluding hydrogens is 333 g/mol. The van der Waals surface area contributed by atoms with Crippen LogP contribution in [-0.4, -0.2) is 44.7 Å². The molecular formula is C17H22FNO6. The molecule has 0 fully saturated rings. The SMILES string of the molecule is CC[C@@H](C)[C@@H](NC(=O)COC(=O)c1ccc(OC)cc1F)C(=O)OC. The fourth-order valence-corrected chi connectivity index (χ4v) is 2.01. The molecule has 8 heteroatoms. The van der Waals surface area contributed by atoms with Crippen molar-refractivity contribution < 1.29 is 33.0 Å². The maximum atomic E-state index is 13.8. The summed E-state index contributed by atoms with van der Waals surface area (Å²) in [5.41, 5.74) is -0.319. The van der Waals surface area contributed by atoms with Gasteiger partial charge in [-0.2, -0.15) is 0 Å². The van der Waals surface area contributed by atoms with E-state index in [1.165, 1.54) is 26.4 Å². The Morgan fingerprint density at radius 1 is 1.24 bits per heavy atom. The Morgan fingerprint density at radius 2 is 1.92 bits per heavy atom. The fourth-order valence-electron chi connectivity index (χ4n) is 2.01. The highest BCUT2D eigenvalue weighted by Crippen LogP contribution is 2.17. The molecule has 0 aromatic heterocycles. The van der Waals surface area contributed by atoms with Crippen LogP contribution in [0.1, 0.15) is 30.6 Å². The number of rotatable bonds is 8. The number of hydrogen-bond donors (Lipinski definition) is 1. The molecule has 1 amide bonds. The molecule has 0 bridgehead atoms. The van der Waals surface area contributed by atoms with Crippen molar-refractivity contribution in [3.63, 3.8) is 0 Å². The van der Waals surface area contributed by atoms with Crippen molar-refractivity contribution in [2.24, 2.45) is 5.92 Å². The van der Waals surface area contributed by atoms with Crippen LogP contribution in [0.5, 0.6) is 5.75 Å². The van der Waals surface area contributed by atoms with E-state index in [4.69, 9.17) is 9.47 Å². The minimum Gasteiger partial charge on any atom is -0.497 e. The van der Waals surface area contributed by atoms with Crippen LogP contribution in [0.4, 0.5) is 4.39 Å². The summed E-state index contributed by atoms with van der Waals surface area (Å²) in [4.78, 5) is 35.5. The zero-order valence-corrected chi connectivity index (χ0v) is 14.6. The molecule has 1 N–H and O–H groups in total. The van der Waals surface area contributed by atoms with Gasteiger partial charge in [-0.1, -0.05) is 20.3 Å². The highest BCUT2D eigenvalue weighted by molar-refractivity contribution is 5.92. The number of carbonyl (C=O) groups excluding carboxylic acids is 3. The van der Waals surface area contributed by atoms with Crippen molar-refractivity contribution in [3.05, 3.63) is 29.6 Å². The normalized spacial score (nSPS) is 12.7. The average molecular weight is 355 g/mol. The van der Waals surface area contributed by atoms with Crippen LogP contribution in [0, 0.1) is 11.7 Å². The first-order valence-electron chi connectivity index (χ1n) is 7.71. The average Bonchev–Trinajstić information content (AvgIpc) is 2.62. The van der Waals surface area contributed by atoms with E-state index in [2.05, 4.69) is 10.1 Å². The van der Waals surface area contributed by atoms with E-state index < -0.39 is 36.3 Å². The van der Waals surface area contributed by atoms with Crippen molar-refractivity contribution in [1.29, 1.82) is 0 Å². The van der Waals surface area contributed by atoms with Gasteiger partial charge >= 0.3 is 11.9 Å². The van der Waals surface area contributed by atoms with Crippen LogP contribution < -0.4 is 10.1 Å². The van der Waals surface area contributed by atoms with Crippen LogP contribution in [0.2, 0.25) is 0 Å². The quantitative estimate of drug-likeness (QED) is 0.714. The van der Waals surface area contributed by atoms with Crippen LogP contribution in [0.15, 0.2) is 18.2 Å². The molecule has 0 aliphatic heterocycles. The Balaban J connectivity index is 2.65. The number of amides is 1. The van der Waals surface area contributed by atoms with E-state index in [1.54, 1.807) is 6.92 Å². The molecule has 7 nitrogen and oxygen atoms in total. The number of ether oxygens (including phenoxy) is 3. The first-order chi connectivity index (χ1) is 11.8. The number of halogens is 1. The molecule has 1 aromatic carbocycles. The van der Waals surface area contributed by atoms with Crippen LogP contribution >= 0.6 is 0 Å². The molecule has 0 radical (unpaired) electrons. The van der Waals surface area contributed by atoms with Gasteiger partial charge in [-0.05, 0) is 18.1 Å². The summed E-state index contributed by atoms with van der Waals surface area (Å²) in [5, 5.41) is 2.45. The van der Waals surface area contributed by atoms with Gasteiger partial charge in [0.25, 0.3) is 5.91 Å². The van der Waals surface area contributed by atoms with Crippen molar-refractivity contribution in [2.45, 2.75) is 26.3 Å². The predicted octanol–water partition coefficient (Wildman–Crippen LogP) is 1.69. The first-order valence-corrected chi connectivity index (χ1v) is 7.71. The maximum Gasteiger partial charge on any atom is 0.341 e. The van der Waals surface area contributed by atoms with Gasteiger partial charge in [0.2, 0.25) is 0 Å². The largest absolute Gasteiger partial charge is 0.497 e. The topological polar surface area (TPSA) is 90.9 Å². The van der Waals surface area contributed by atoms with E-state index >= 15 is 0 Å². The van der Waals surface area contributed by atoms with E-state index in [0.29, 0.717) is 6.42 Å². The molecule has 0 aliphatic carbocycles. The lowest BCUT2D eigenvalue weighted by atomic mass is 9.99. The van der Waals surface area contributed by atoms with Gasteiger partial charge in [0, 0.05) is 6.07 Å². The Labute approximate surface area is 145 Å². The summed E-state index contributed by atoms with van der Waals surface area (Å²) in [6.45, 7) is 2.99. The summed E-state index contributed by atoms with van der Waals surface area (Å²) < 4.78 is 28.1. The van der Waals surface area contributed by atoms with Crippen molar-refractivity contribution in [3.8, 4) is 5.75 Å². The number of hydrogen-bond acceptors (Lipinski definition) is 6. The summed E-state index contributed by atoms with van der Waals surface area (Å²) in [5.74, 6) is -2.99. The molecule has 25 heavy (non-hydrogen) atoms. The van der Waals surface area contributed by atoms with E-state index in [-0.39, 0.29) is 17.2 Å². The highest BCUT2D eigenvalue weighted by atomic mass is 19.1. The van der Waals surface area contributed by atoms with Crippen LogP contribution in [-0.2, 0) is 19.1 Å². The minimum atomic E-state index is -0.992. The minimum absolute atomic E-state index is 0.161. The zero-order valence-electron chi connectivity index (χ0n) is 14.6. The standard InChI is InChI=1S/C17H22FNO6/c1-5-10(2)15(17(22)24-4)19-14(20)9-25-16(21)12-7-6-11(23-3)8-13(12)18/h6-8,10,15H,5,9H2,1-4H3,(H,19,20)/t10-,15-/m1/s1. The number of methoxy groups -OCH3 is 2. The van der Waals surface area contributed by atoms with Gasteiger partial charge in [-0.25, -0.2) is 14.0 Å². The van der Waals surface area contributed by atoms with Gasteiger partial charge in [-0.15, -0.1) is 0 Å². The van der Waals surface area contributed by atoms with Gasteiger partial charge in [0.05, 0.1) is 19.8 Å². The van der Waals surface area contributed by atoms with Gasteiger partial charge in [-0.3, -0.25) is 4.79 Å². The summed E-state index contributed by atoms with van der Waals surface area (Å²) in [7, 11) is 2.59. The molecule has 2 atom stereocenters. The second-order valence-electron chi connectivity index (χ2n) is 5.38.